The predicted octanol–water partition coefficient (Wildman–Crippen LogP) is 7.38. The Bertz CT molecular complexity index is 3580. The van der Waals surface area contributed by atoms with Crippen molar-refractivity contribution in [3.63, 3.8) is 0 Å². The number of aliphatic hydroxyl groups is 4. The molecule has 5 aromatic rings. The van der Waals surface area contributed by atoms with Gasteiger partial charge in [0.2, 0.25) is 0 Å². The standard InChI is InChI=1S/C43H53NO14.C26H31N3O5/c1-22-26(55-37(51)32(48)30(24-15-11-9-12-16-24)44-38(52)58-39(3,4)5)20-43(53)35(56-36(50)25-17-13-10-14-18-25)33-41(8,34(49)31(47)29(22)40(43,6)7)27(46)19-28-42(33,21-54-28)57-23(2)45;1-4-27-26(32)24-23(18-7-5-17(6-8-18)15-29-9-11-33-12-10-29)25(34-28-24)20-13-19(16(2)3)21(30)14-22(20)31/h9-18,26-28,30-33,35,46-48,53H,19-21H2,1-8H3,(H,44,52);5-8,13-14,16,30-31H,4,9-12,15H2,1-3H3,(H,27,32)/t26-,27-,28+,30-,31+,32+,33-,35-,41+,42-,43+;/m0./s1. The van der Waals surface area contributed by atoms with Crippen LogP contribution in [0.25, 0.3) is 22.5 Å². The monoisotopic (exact) mass is 1270 g/mol. The van der Waals surface area contributed by atoms with Crippen molar-refractivity contribution < 1.29 is 92.4 Å². The number of aromatic hydroxyl groups is 2. The third-order valence-corrected chi connectivity index (χ3v) is 18.6. The van der Waals surface area contributed by atoms with E-state index in [9.17, 15) is 59.4 Å². The topological polar surface area (TPSA) is 333 Å². The zero-order chi connectivity index (χ0) is 67.0. The van der Waals surface area contributed by atoms with Gasteiger partial charge in [-0.2, -0.15) is 0 Å². The van der Waals surface area contributed by atoms with E-state index in [1.165, 1.54) is 32.0 Å². The van der Waals surface area contributed by atoms with Gasteiger partial charge in [-0.05, 0) is 99.1 Å². The minimum Gasteiger partial charge on any atom is -0.508 e. The van der Waals surface area contributed by atoms with Crippen LogP contribution in [-0.2, 0) is 49.3 Å². The van der Waals surface area contributed by atoms with Crippen molar-refractivity contribution in [1.82, 2.24) is 20.7 Å². The van der Waals surface area contributed by atoms with Crippen molar-refractivity contribution in [3.8, 4) is 33.9 Å². The number of nitrogens with zero attached hydrogens (tertiary/aromatic N) is 2. The van der Waals surface area contributed by atoms with E-state index < -0.39 is 112 Å². The number of carbonyl (C=O) groups excluding carboxylic acids is 6. The number of esters is 3. The average Bonchev–Trinajstić information content (AvgIpc) is 0.715. The molecule has 2 bridgehead atoms. The van der Waals surface area contributed by atoms with Crippen LogP contribution in [0.2, 0.25) is 0 Å². The van der Waals surface area contributed by atoms with Crippen LogP contribution in [0.15, 0.2) is 113 Å². The molecule has 4 aromatic carbocycles. The second-order valence-corrected chi connectivity index (χ2v) is 26.3. The number of phenols is 2. The van der Waals surface area contributed by atoms with Crippen molar-refractivity contribution in [2.24, 2.45) is 16.7 Å². The van der Waals surface area contributed by atoms with Gasteiger partial charge in [0, 0.05) is 57.4 Å². The summed E-state index contributed by atoms with van der Waals surface area (Å²) in [5.74, 6) is -5.56. The van der Waals surface area contributed by atoms with Gasteiger partial charge in [-0.25, -0.2) is 14.4 Å². The van der Waals surface area contributed by atoms with E-state index >= 15 is 0 Å². The Hall–Kier alpha value is -8.03. The van der Waals surface area contributed by atoms with E-state index in [0.29, 0.717) is 28.8 Å². The minimum absolute atomic E-state index is 0.00808. The largest absolute Gasteiger partial charge is 0.508 e. The summed E-state index contributed by atoms with van der Waals surface area (Å²) in [7, 11) is 0. The number of aliphatic hydroxyl groups excluding tert-OH is 3. The lowest BCUT2D eigenvalue weighted by Gasteiger charge is -2.67. The van der Waals surface area contributed by atoms with Gasteiger partial charge in [0.05, 0.1) is 60.0 Å². The van der Waals surface area contributed by atoms with Gasteiger partial charge in [0.25, 0.3) is 5.91 Å². The molecule has 2 saturated carbocycles. The molecule has 3 aliphatic carbocycles. The Morgan fingerprint density at radius 2 is 1.52 bits per heavy atom. The second kappa shape index (κ2) is 26.9. The molecule has 0 spiro atoms. The molecule has 0 unspecified atom stereocenters. The molecule has 494 valence electrons. The molecule has 10 rings (SSSR count). The molecule has 2 saturated heterocycles. The molecule has 2 amide bonds. The summed E-state index contributed by atoms with van der Waals surface area (Å²) in [6, 6.07) is 25.5. The SMILES string of the molecule is CC(=O)O[C@@]12CO[C@@H]1C[C@H](O)[C@@]1(C)C(=O)[C@H](O)C3=C(C)[C@@H](OC(=O)[C@H](O)[C@@H](NC(=O)OC(C)(C)C)c4ccccc4)C[C@@](O)([C@@H](OC(=O)c4ccccc4)[C@H]21)C3(C)C.CCNC(=O)c1noc(-c2cc(C(C)C)c(O)cc2O)c1-c1ccc(CN2CCOCC2)cc1. The maximum Gasteiger partial charge on any atom is 0.408 e. The number of phenolic OH excluding ortho intramolecular Hbond substituents is 2. The quantitative estimate of drug-likeness (QED) is 0.0288. The smallest absolute Gasteiger partial charge is 0.408 e. The number of amides is 2. The fraction of sp³-hybridized carbons (Fsp3) is 0.493. The van der Waals surface area contributed by atoms with Crippen LogP contribution in [0.4, 0.5) is 4.79 Å². The number of carbonyl (C=O) groups is 6. The van der Waals surface area contributed by atoms with Gasteiger partial charge in [-0.1, -0.05) is 106 Å². The fourth-order valence-corrected chi connectivity index (χ4v) is 13.7. The van der Waals surface area contributed by atoms with E-state index in [1.807, 2.05) is 45.0 Å². The Kier molecular flexibility index (Phi) is 20.0. The van der Waals surface area contributed by atoms with Crippen molar-refractivity contribution >= 4 is 35.7 Å². The Morgan fingerprint density at radius 1 is 0.880 bits per heavy atom. The first-order chi connectivity index (χ1) is 43.4. The lowest BCUT2D eigenvalue weighted by molar-refractivity contribution is -0.346. The minimum atomic E-state index is -2.35. The summed E-state index contributed by atoms with van der Waals surface area (Å²) in [5.41, 5.74) is -4.55. The van der Waals surface area contributed by atoms with E-state index in [1.54, 1.807) is 89.2 Å². The van der Waals surface area contributed by atoms with Crippen LogP contribution in [0.1, 0.15) is 138 Å². The Balaban J connectivity index is 0.000000249. The lowest BCUT2D eigenvalue weighted by atomic mass is 9.44. The second-order valence-electron chi connectivity index (χ2n) is 26.3. The molecular weight excluding hydrogens is 1190 g/mol. The molecular formula is C69H84N4O19. The van der Waals surface area contributed by atoms with Gasteiger partial charge in [0.1, 0.15) is 47.1 Å². The van der Waals surface area contributed by atoms with Crippen LogP contribution in [0, 0.1) is 16.7 Å². The number of rotatable bonds is 15. The number of benzene rings is 4. The van der Waals surface area contributed by atoms with Gasteiger partial charge in [-0.15, -0.1) is 0 Å². The number of nitrogens with one attached hydrogen (secondary N) is 2. The van der Waals surface area contributed by atoms with Gasteiger partial charge < -0.3 is 74.2 Å². The number of ether oxygens (including phenoxy) is 6. The molecule has 3 heterocycles. The first-order valence-electron chi connectivity index (χ1n) is 31.0. The number of hydrogen-bond acceptors (Lipinski definition) is 21. The number of alkyl carbamates (subject to hydrolysis) is 1. The normalized spacial score (nSPS) is 26.6. The molecule has 4 fully saturated rings. The van der Waals surface area contributed by atoms with E-state index in [-0.39, 0.29) is 64.5 Å². The third kappa shape index (κ3) is 13.2. The zero-order valence-corrected chi connectivity index (χ0v) is 53.7. The third-order valence-electron chi connectivity index (χ3n) is 18.6. The summed E-state index contributed by atoms with van der Waals surface area (Å²) in [6.45, 7) is 22.1. The highest BCUT2D eigenvalue weighted by atomic mass is 16.6. The molecule has 2 aliphatic heterocycles. The van der Waals surface area contributed by atoms with E-state index in [0.717, 1.165) is 50.9 Å². The van der Waals surface area contributed by atoms with Crippen LogP contribution >= 0.6 is 0 Å². The summed E-state index contributed by atoms with van der Waals surface area (Å²) in [5, 5.41) is 79.3. The van der Waals surface area contributed by atoms with Gasteiger partial charge in [0.15, 0.2) is 28.9 Å². The first-order valence-corrected chi connectivity index (χ1v) is 31.0. The highest BCUT2D eigenvalue weighted by Crippen LogP contribution is 2.64. The van der Waals surface area contributed by atoms with Crippen molar-refractivity contribution in [2.45, 2.75) is 161 Å². The van der Waals surface area contributed by atoms with Crippen molar-refractivity contribution in [2.75, 3.05) is 39.5 Å². The molecule has 23 heteroatoms. The molecule has 92 heavy (non-hydrogen) atoms. The molecule has 11 atom stereocenters. The number of morpholine rings is 1. The molecule has 8 N–H and O–H groups in total. The summed E-state index contributed by atoms with van der Waals surface area (Å²) in [6.07, 6.45) is -11.5. The predicted molar refractivity (Wildman–Crippen MR) is 333 cm³/mol. The molecule has 1 aromatic heterocycles. The van der Waals surface area contributed by atoms with Crippen molar-refractivity contribution in [3.05, 3.63) is 136 Å². The number of aromatic nitrogens is 1. The van der Waals surface area contributed by atoms with Crippen LogP contribution in [-0.4, -0.2) is 169 Å². The van der Waals surface area contributed by atoms with E-state index in [4.69, 9.17) is 32.9 Å². The van der Waals surface area contributed by atoms with Gasteiger partial charge >= 0.3 is 24.0 Å². The highest BCUT2D eigenvalue weighted by molar-refractivity contribution is 6.02. The zero-order valence-electron chi connectivity index (χ0n) is 53.7. The number of hydrogen-bond donors (Lipinski definition) is 8. The van der Waals surface area contributed by atoms with Crippen molar-refractivity contribution in [1.29, 1.82) is 0 Å². The van der Waals surface area contributed by atoms with Gasteiger partial charge in [-0.3, -0.25) is 19.3 Å². The number of fused-ring (bicyclic) bond motifs is 5. The summed E-state index contributed by atoms with van der Waals surface area (Å²) >= 11 is 0. The van der Waals surface area contributed by atoms with E-state index in [2.05, 4.69) is 20.7 Å². The first kappa shape index (κ1) is 68.3. The fourth-order valence-electron chi connectivity index (χ4n) is 13.7. The Labute approximate surface area is 534 Å². The summed E-state index contributed by atoms with van der Waals surface area (Å²) < 4.78 is 40.6. The lowest BCUT2D eigenvalue weighted by Crippen LogP contribution is -2.81. The molecule has 0 radical (unpaired) electrons. The van der Waals surface area contributed by atoms with Crippen LogP contribution in [0.3, 0.4) is 0 Å². The summed E-state index contributed by atoms with van der Waals surface area (Å²) in [4.78, 5) is 84.0. The molecule has 23 nitrogen and oxygen atoms in total. The number of ketones is 1. The highest BCUT2D eigenvalue weighted by Gasteiger charge is 2.78. The van der Waals surface area contributed by atoms with Crippen LogP contribution < -0.4 is 10.6 Å². The maximum atomic E-state index is 14.9. The number of Topliss-reactive ketones (excluding diaryl/α,β-unsaturated/α-hetero) is 1. The average molecular weight is 1270 g/mol. The molecule has 5 aliphatic rings. The van der Waals surface area contributed by atoms with Crippen LogP contribution in [0.5, 0.6) is 11.5 Å². The maximum absolute atomic E-state index is 14.9. The Morgan fingerprint density at radius 3 is 2.11 bits per heavy atom.